The van der Waals surface area contributed by atoms with Crippen molar-refractivity contribution in [3.05, 3.63) is 29.6 Å². The van der Waals surface area contributed by atoms with E-state index >= 15 is 0 Å². The average molecular weight is 317 g/mol. The number of aliphatic hydroxyl groups is 1. The Balaban J connectivity index is 2.16. The number of piperidine rings is 1. The van der Waals surface area contributed by atoms with Crippen LogP contribution in [0.25, 0.3) is 0 Å². The molecule has 1 saturated heterocycles. The quantitative estimate of drug-likeness (QED) is 0.894. The maximum absolute atomic E-state index is 13.9. The van der Waals surface area contributed by atoms with Gasteiger partial charge in [0, 0.05) is 19.7 Å². The zero-order valence-corrected chi connectivity index (χ0v) is 12.8. The highest BCUT2D eigenvalue weighted by Crippen LogP contribution is 2.24. The van der Waals surface area contributed by atoms with Crippen molar-refractivity contribution in [3.63, 3.8) is 0 Å². The van der Waals surface area contributed by atoms with E-state index in [4.69, 9.17) is 9.84 Å². The summed E-state index contributed by atoms with van der Waals surface area (Å²) in [5, 5.41) is 8.94. The third kappa shape index (κ3) is 3.60. The van der Waals surface area contributed by atoms with Crippen LogP contribution in [-0.2, 0) is 21.4 Å². The first-order valence-electron chi connectivity index (χ1n) is 7.00. The molecule has 2 rings (SSSR count). The second-order valence-electron chi connectivity index (χ2n) is 4.98. The smallest absolute Gasteiger partial charge is 0.245 e. The van der Waals surface area contributed by atoms with Crippen molar-refractivity contribution in [2.45, 2.75) is 37.4 Å². The molecule has 0 spiro atoms. The van der Waals surface area contributed by atoms with Gasteiger partial charge in [-0.2, -0.15) is 4.31 Å². The maximum Gasteiger partial charge on any atom is 0.245 e. The fourth-order valence-electron chi connectivity index (χ4n) is 2.47. The lowest BCUT2D eigenvalue weighted by atomic mass is 10.1. The number of aliphatic hydroxyl groups excluding tert-OH is 1. The zero-order valence-electron chi connectivity index (χ0n) is 12.0. The van der Waals surface area contributed by atoms with Gasteiger partial charge in [-0.15, -0.1) is 0 Å². The molecule has 0 unspecified atom stereocenters. The predicted molar refractivity (Wildman–Crippen MR) is 75.7 cm³/mol. The predicted octanol–water partition coefficient (Wildman–Crippen LogP) is 1.51. The number of sulfonamides is 1. The van der Waals surface area contributed by atoms with Crippen LogP contribution in [0.15, 0.2) is 23.1 Å². The first-order valence-corrected chi connectivity index (χ1v) is 8.44. The first-order chi connectivity index (χ1) is 9.98. The highest BCUT2D eigenvalue weighted by molar-refractivity contribution is 7.89. The number of hydrogen-bond donors (Lipinski definition) is 1. The zero-order chi connectivity index (χ0) is 15.5. The second-order valence-corrected chi connectivity index (χ2v) is 6.89. The van der Waals surface area contributed by atoms with Crippen LogP contribution in [0.5, 0.6) is 0 Å². The molecule has 1 aliphatic rings. The van der Waals surface area contributed by atoms with Gasteiger partial charge in [0.25, 0.3) is 0 Å². The minimum Gasteiger partial charge on any atom is -0.392 e. The van der Waals surface area contributed by atoms with E-state index < -0.39 is 15.8 Å². The van der Waals surface area contributed by atoms with Crippen molar-refractivity contribution >= 4 is 10.0 Å². The average Bonchev–Trinajstić information content (AvgIpc) is 2.47. The van der Waals surface area contributed by atoms with Crippen LogP contribution >= 0.6 is 0 Å². The number of benzene rings is 1. The van der Waals surface area contributed by atoms with Crippen LogP contribution in [0, 0.1) is 5.82 Å². The summed E-state index contributed by atoms with van der Waals surface area (Å²) in [6.45, 7) is 2.84. The normalized spacial score (nSPS) is 18.0. The van der Waals surface area contributed by atoms with Gasteiger partial charge in [0.2, 0.25) is 10.0 Å². The summed E-state index contributed by atoms with van der Waals surface area (Å²) in [5.41, 5.74) is 0.349. The van der Waals surface area contributed by atoms with Crippen LogP contribution in [0.4, 0.5) is 4.39 Å². The van der Waals surface area contributed by atoms with Crippen LogP contribution in [0.2, 0.25) is 0 Å². The third-order valence-electron chi connectivity index (χ3n) is 3.60. The monoisotopic (exact) mass is 317 g/mol. The third-order valence-corrected chi connectivity index (χ3v) is 5.53. The SMILES string of the molecule is CCOC1CCN(S(=O)(=O)c2ccc(CO)cc2F)CC1. The van der Waals surface area contributed by atoms with Crippen molar-refractivity contribution < 1.29 is 22.7 Å². The Bertz CT molecular complexity index is 583. The molecule has 1 heterocycles. The Hall–Kier alpha value is -1.02. The molecule has 0 saturated carbocycles. The minimum atomic E-state index is -3.83. The van der Waals surface area contributed by atoms with Crippen LogP contribution < -0.4 is 0 Å². The number of rotatable bonds is 5. The molecule has 0 aromatic heterocycles. The number of halogens is 1. The van der Waals surface area contributed by atoms with Crippen molar-refractivity contribution in [1.82, 2.24) is 4.31 Å². The van der Waals surface area contributed by atoms with Gasteiger partial charge in [0.15, 0.2) is 0 Å². The van der Waals surface area contributed by atoms with Gasteiger partial charge in [-0.05, 0) is 37.5 Å². The Morgan fingerprint density at radius 3 is 2.57 bits per heavy atom. The van der Waals surface area contributed by atoms with E-state index in [1.807, 2.05) is 6.92 Å². The molecule has 118 valence electrons. The van der Waals surface area contributed by atoms with E-state index in [1.54, 1.807) is 0 Å². The summed E-state index contributed by atoms with van der Waals surface area (Å²) in [5.74, 6) is -0.825. The van der Waals surface area contributed by atoms with Gasteiger partial charge in [0.05, 0.1) is 12.7 Å². The van der Waals surface area contributed by atoms with Crippen molar-refractivity contribution in [2.75, 3.05) is 19.7 Å². The second kappa shape index (κ2) is 6.83. The summed E-state index contributed by atoms with van der Waals surface area (Å²) in [4.78, 5) is -0.338. The van der Waals surface area contributed by atoms with Gasteiger partial charge in [-0.1, -0.05) is 6.07 Å². The van der Waals surface area contributed by atoms with Gasteiger partial charge in [-0.3, -0.25) is 0 Å². The Labute approximate surface area is 124 Å². The molecule has 1 aromatic carbocycles. The molecular weight excluding hydrogens is 297 g/mol. The number of nitrogens with zero attached hydrogens (tertiary/aromatic N) is 1. The van der Waals surface area contributed by atoms with E-state index in [0.717, 1.165) is 6.07 Å². The van der Waals surface area contributed by atoms with Gasteiger partial charge in [-0.25, -0.2) is 12.8 Å². The summed E-state index contributed by atoms with van der Waals surface area (Å²) < 4.78 is 45.6. The highest BCUT2D eigenvalue weighted by atomic mass is 32.2. The largest absolute Gasteiger partial charge is 0.392 e. The number of ether oxygens (including phenoxy) is 1. The van der Waals surface area contributed by atoms with Crippen LogP contribution in [0.1, 0.15) is 25.3 Å². The Morgan fingerprint density at radius 1 is 1.38 bits per heavy atom. The molecule has 21 heavy (non-hydrogen) atoms. The fraction of sp³-hybridized carbons (Fsp3) is 0.571. The summed E-state index contributed by atoms with van der Waals surface area (Å²) in [6.07, 6.45) is 1.30. The van der Waals surface area contributed by atoms with Crippen molar-refractivity contribution in [3.8, 4) is 0 Å². The molecule has 7 heteroatoms. The van der Waals surface area contributed by atoms with Crippen molar-refractivity contribution in [2.24, 2.45) is 0 Å². The molecule has 0 aliphatic carbocycles. The van der Waals surface area contributed by atoms with Crippen LogP contribution in [-0.4, -0.2) is 43.6 Å². The molecule has 0 radical (unpaired) electrons. The molecule has 0 atom stereocenters. The van der Waals surface area contributed by atoms with Crippen LogP contribution in [0.3, 0.4) is 0 Å². The molecule has 0 bridgehead atoms. The van der Waals surface area contributed by atoms with Crippen molar-refractivity contribution in [1.29, 1.82) is 0 Å². The number of hydrogen-bond acceptors (Lipinski definition) is 4. The van der Waals surface area contributed by atoms with E-state index in [2.05, 4.69) is 0 Å². The van der Waals surface area contributed by atoms with E-state index in [9.17, 15) is 12.8 Å². The Kier molecular flexibility index (Phi) is 5.32. The van der Waals surface area contributed by atoms with Gasteiger partial charge < -0.3 is 9.84 Å². The fourth-order valence-corrected chi connectivity index (χ4v) is 3.98. The molecule has 1 fully saturated rings. The topological polar surface area (TPSA) is 66.8 Å². The lowest BCUT2D eigenvalue weighted by molar-refractivity contribution is 0.0290. The molecule has 0 amide bonds. The van der Waals surface area contributed by atoms with Gasteiger partial charge in [0.1, 0.15) is 10.7 Å². The van der Waals surface area contributed by atoms with E-state index in [-0.39, 0.29) is 17.6 Å². The van der Waals surface area contributed by atoms with Gasteiger partial charge >= 0.3 is 0 Å². The lowest BCUT2D eigenvalue weighted by Gasteiger charge is -2.31. The maximum atomic E-state index is 13.9. The summed E-state index contributed by atoms with van der Waals surface area (Å²) >= 11 is 0. The minimum absolute atomic E-state index is 0.0723. The van der Waals surface area contributed by atoms with E-state index in [0.29, 0.717) is 38.1 Å². The summed E-state index contributed by atoms with van der Waals surface area (Å²) in [6, 6.07) is 3.69. The standard InChI is InChI=1S/C14H20FNO4S/c1-2-20-12-5-7-16(8-6-12)21(18,19)14-4-3-11(10-17)9-13(14)15/h3-4,9,12,17H,2,5-8,10H2,1H3. The lowest BCUT2D eigenvalue weighted by Crippen LogP contribution is -2.41. The van der Waals surface area contributed by atoms with E-state index in [1.165, 1.54) is 16.4 Å². The first kappa shape index (κ1) is 16.4. The summed E-state index contributed by atoms with van der Waals surface area (Å²) in [7, 11) is -3.83. The molecule has 1 aromatic rings. The molecule has 1 N–H and O–H groups in total. The molecule has 5 nitrogen and oxygen atoms in total. The Morgan fingerprint density at radius 2 is 2.05 bits per heavy atom. The highest BCUT2D eigenvalue weighted by Gasteiger charge is 2.31. The molecule has 1 aliphatic heterocycles. The molecular formula is C14H20FNO4S.